The van der Waals surface area contributed by atoms with Gasteiger partial charge < -0.3 is 15.7 Å². The summed E-state index contributed by atoms with van der Waals surface area (Å²) in [6, 6.07) is 8.72. The molecular weight excluding hydrogens is 224 g/mol. The van der Waals surface area contributed by atoms with Crippen molar-refractivity contribution >= 4 is 5.69 Å². The zero-order valence-electron chi connectivity index (χ0n) is 12.0. The lowest BCUT2D eigenvalue weighted by Gasteiger charge is -2.35. The van der Waals surface area contributed by atoms with E-state index in [1.807, 2.05) is 0 Å². The van der Waals surface area contributed by atoms with Gasteiger partial charge in [0, 0.05) is 24.8 Å². The van der Waals surface area contributed by atoms with Gasteiger partial charge in [-0.15, -0.1) is 0 Å². The van der Waals surface area contributed by atoms with Crippen molar-refractivity contribution in [3.8, 4) is 0 Å². The number of aryl methyl sites for hydroxylation is 1. The Bertz CT molecular complexity index is 377. The Morgan fingerprint density at radius 1 is 1.44 bits per heavy atom. The monoisotopic (exact) mass is 250 g/mol. The topological polar surface area (TPSA) is 49.5 Å². The smallest absolute Gasteiger partial charge is 0.0760 e. The quantitative estimate of drug-likeness (QED) is 0.814. The summed E-state index contributed by atoms with van der Waals surface area (Å²) in [5.41, 5.74) is 7.26. The highest BCUT2D eigenvalue weighted by molar-refractivity contribution is 5.49. The van der Waals surface area contributed by atoms with E-state index in [9.17, 15) is 5.11 Å². The Morgan fingerprint density at radius 3 is 2.61 bits per heavy atom. The van der Waals surface area contributed by atoms with Crippen molar-refractivity contribution in [2.24, 2.45) is 5.73 Å². The SMILES string of the molecule is CCN(c1cccc(C)c1)C(C)CC(C)(O)CN. The van der Waals surface area contributed by atoms with Crippen LogP contribution in [0.3, 0.4) is 0 Å². The number of anilines is 1. The normalized spacial score (nSPS) is 16.1. The van der Waals surface area contributed by atoms with E-state index in [1.165, 1.54) is 11.3 Å². The number of nitrogens with two attached hydrogens (primary N) is 1. The summed E-state index contributed by atoms with van der Waals surface area (Å²) >= 11 is 0. The summed E-state index contributed by atoms with van der Waals surface area (Å²) in [5.74, 6) is 0. The highest BCUT2D eigenvalue weighted by Crippen LogP contribution is 2.22. The summed E-state index contributed by atoms with van der Waals surface area (Å²) in [6.45, 7) is 9.38. The molecule has 1 rings (SSSR count). The van der Waals surface area contributed by atoms with Crippen LogP contribution in [0.25, 0.3) is 0 Å². The molecule has 2 unspecified atom stereocenters. The van der Waals surface area contributed by atoms with E-state index < -0.39 is 5.60 Å². The molecule has 0 aliphatic rings. The van der Waals surface area contributed by atoms with Crippen LogP contribution in [0.4, 0.5) is 5.69 Å². The highest BCUT2D eigenvalue weighted by Gasteiger charge is 2.24. The maximum absolute atomic E-state index is 10.1. The fourth-order valence-corrected chi connectivity index (χ4v) is 2.39. The molecule has 18 heavy (non-hydrogen) atoms. The molecule has 2 atom stereocenters. The van der Waals surface area contributed by atoms with Crippen molar-refractivity contribution in [1.29, 1.82) is 0 Å². The lowest BCUT2D eigenvalue weighted by Crippen LogP contribution is -2.43. The van der Waals surface area contributed by atoms with Gasteiger partial charge in [-0.1, -0.05) is 12.1 Å². The molecule has 3 nitrogen and oxygen atoms in total. The molecule has 0 fully saturated rings. The van der Waals surface area contributed by atoms with Gasteiger partial charge in [0.05, 0.1) is 5.60 Å². The van der Waals surface area contributed by atoms with Gasteiger partial charge in [0.25, 0.3) is 0 Å². The van der Waals surface area contributed by atoms with Crippen LogP contribution in [-0.2, 0) is 0 Å². The first-order valence-corrected chi connectivity index (χ1v) is 6.65. The molecule has 0 radical (unpaired) electrons. The van der Waals surface area contributed by atoms with Gasteiger partial charge in [0.15, 0.2) is 0 Å². The molecule has 102 valence electrons. The van der Waals surface area contributed by atoms with Crippen LogP contribution >= 0.6 is 0 Å². The Labute approximate surface area is 111 Å². The third kappa shape index (κ3) is 4.00. The zero-order chi connectivity index (χ0) is 13.8. The molecule has 1 aromatic rings. The molecule has 0 aliphatic carbocycles. The van der Waals surface area contributed by atoms with Gasteiger partial charge in [0.1, 0.15) is 0 Å². The second-order valence-corrected chi connectivity index (χ2v) is 5.38. The van der Waals surface area contributed by atoms with Crippen molar-refractivity contribution < 1.29 is 5.11 Å². The van der Waals surface area contributed by atoms with Crippen molar-refractivity contribution in [1.82, 2.24) is 0 Å². The molecule has 3 N–H and O–H groups in total. The molecule has 0 bridgehead atoms. The molecule has 0 amide bonds. The third-order valence-corrected chi connectivity index (χ3v) is 3.38. The van der Waals surface area contributed by atoms with E-state index in [0.29, 0.717) is 13.0 Å². The number of nitrogens with zero attached hydrogens (tertiary/aromatic N) is 1. The first kappa shape index (κ1) is 15.0. The fourth-order valence-electron chi connectivity index (χ4n) is 2.39. The van der Waals surface area contributed by atoms with E-state index in [2.05, 4.69) is 49.9 Å². The molecule has 0 spiro atoms. The van der Waals surface area contributed by atoms with Crippen LogP contribution < -0.4 is 10.6 Å². The number of aliphatic hydroxyl groups is 1. The van der Waals surface area contributed by atoms with Crippen molar-refractivity contribution in [3.05, 3.63) is 29.8 Å². The average Bonchev–Trinajstić information content (AvgIpc) is 2.29. The first-order valence-electron chi connectivity index (χ1n) is 6.65. The Hall–Kier alpha value is -1.06. The van der Waals surface area contributed by atoms with Gasteiger partial charge in [-0.3, -0.25) is 0 Å². The van der Waals surface area contributed by atoms with Gasteiger partial charge in [0.2, 0.25) is 0 Å². The lowest BCUT2D eigenvalue weighted by atomic mass is 9.96. The summed E-state index contributed by atoms with van der Waals surface area (Å²) in [5, 5.41) is 10.1. The van der Waals surface area contributed by atoms with Crippen LogP contribution in [0.15, 0.2) is 24.3 Å². The Kier molecular flexibility index (Phi) is 5.17. The Balaban J connectivity index is 2.83. The summed E-state index contributed by atoms with van der Waals surface area (Å²) in [7, 11) is 0. The first-order chi connectivity index (χ1) is 8.39. The van der Waals surface area contributed by atoms with E-state index in [0.717, 1.165) is 6.54 Å². The molecule has 0 aromatic heterocycles. The maximum atomic E-state index is 10.1. The molecule has 0 aliphatic heterocycles. The van der Waals surface area contributed by atoms with E-state index >= 15 is 0 Å². The predicted molar refractivity (Wildman–Crippen MR) is 78.0 cm³/mol. The van der Waals surface area contributed by atoms with Crippen LogP contribution in [0.2, 0.25) is 0 Å². The van der Waals surface area contributed by atoms with Crippen LogP contribution in [0.5, 0.6) is 0 Å². The highest BCUT2D eigenvalue weighted by atomic mass is 16.3. The molecule has 0 saturated heterocycles. The van der Waals surface area contributed by atoms with Crippen LogP contribution in [0.1, 0.15) is 32.8 Å². The van der Waals surface area contributed by atoms with Gasteiger partial charge >= 0.3 is 0 Å². The lowest BCUT2D eigenvalue weighted by molar-refractivity contribution is 0.0537. The van der Waals surface area contributed by atoms with E-state index in [1.54, 1.807) is 6.92 Å². The number of benzene rings is 1. The summed E-state index contributed by atoms with van der Waals surface area (Å²) in [6.07, 6.45) is 0.672. The van der Waals surface area contributed by atoms with E-state index in [-0.39, 0.29) is 6.04 Å². The summed E-state index contributed by atoms with van der Waals surface area (Å²) < 4.78 is 0. The zero-order valence-corrected chi connectivity index (χ0v) is 12.0. The minimum Gasteiger partial charge on any atom is -0.389 e. The predicted octanol–water partition coefficient (Wildman–Crippen LogP) is 2.31. The van der Waals surface area contributed by atoms with Gasteiger partial charge in [-0.2, -0.15) is 0 Å². The van der Waals surface area contributed by atoms with Crippen LogP contribution in [0, 0.1) is 6.92 Å². The molecule has 0 heterocycles. The van der Waals surface area contributed by atoms with Crippen molar-refractivity contribution in [3.63, 3.8) is 0 Å². The van der Waals surface area contributed by atoms with Crippen molar-refractivity contribution in [2.45, 2.75) is 45.8 Å². The number of hydrogen-bond acceptors (Lipinski definition) is 3. The second kappa shape index (κ2) is 6.21. The van der Waals surface area contributed by atoms with E-state index in [4.69, 9.17) is 5.73 Å². The van der Waals surface area contributed by atoms with Gasteiger partial charge in [-0.05, 0) is 51.8 Å². The third-order valence-electron chi connectivity index (χ3n) is 3.38. The number of rotatable bonds is 6. The van der Waals surface area contributed by atoms with Gasteiger partial charge in [-0.25, -0.2) is 0 Å². The Morgan fingerprint density at radius 2 is 2.11 bits per heavy atom. The minimum atomic E-state index is -0.795. The molecule has 1 aromatic carbocycles. The summed E-state index contributed by atoms with van der Waals surface area (Å²) in [4.78, 5) is 2.30. The largest absolute Gasteiger partial charge is 0.389 e. The second-order valence-electron chi connectivity index (χ2n) is 5.38. The standard InChI is InChI=1S/C15H26N2O/c1-5-17(13(3)10-15(4,18)11-16)14-8-6-7-12(2)9-14/h6-9,13,18H,5,10-11,16H2,1-4H3. The number of hydrogen-bond donors (Lipinski definition) is 2. The maximum Gasteiger partial charge on any atom is 0.0760 e. The fraction of sp³-hybridized carbons (Fsp3) is 0.600. The average molecular weight is 250 g/mol. The molecule has 3 heteroatoms. The molecule has 0 saturated carbocycles. The van der Waals surface area contributed by atoms with Crippen molar-refractivity contribution in [2.75, 3.05) is 18.0 Å². The molecular formula is C15H26N2O. The van der Waals surface area contributed by atoms with Crippen LogP contribution in [-0.4, -0.2) is 29.8 Å². The minimum absolute atomic E-state index is 0.260.